The molecule has 1 heteroatoms. The number of hydrogen-bond acceptors (Lipinski definition) is 1. The molecule has 0 saturated heterocycles. The zero-order chi connectivity index (χ0) is 39.6. The van der Waals surface area contributed by atoms with E-state index in [1.54, 1.807) is 0 Å². The fourth-order valence-electron chi connectivity index (χ4n) is 10.2. The summed E-state index contributed by atoms with van der Waals surface area (Å²) in [7, 11) is 0. The van der Waals surface area contributed by atoms with Crippen LogP contribution in [0.15, 0.2) is 224 Å². The van der Waals surface area contributed by atoms with Crippen molar-refractivity contribution >= 4 is 17.1 Å². The summed E-state index contributed by atoms with van der Waals surface area (Å²) in [5.41, 5.74) is 20.7. The Morgan fingerprint density at radius 1 is 0.305 bits per heavy atom. The Labute approximate surface area is 347 Å². The van der Waals surface area contributed by atoms with Crippen LogP contribution < -0.4 is 4.90 Å². The van der Waals surface area contributed by atoms with Crippen molar-refractivity contribution in [2.24, 2.45) is 0 Å². The van der Waals surface area contributed by atoms with E-state index in [1.807, 2.05) is 0 Å². The van der Waals surface area contributed by atoms with E-state index in [-0.39, 0.29) is 5.41 Å². The minimum atomic E-state index is -0.497. The van der Waals surface area contributed by atoms with Gasteiger partial charge < -0.3 is 4.90 Å². The molecular formula is C58H43N. The van der Waals surface area contributed by atoms with Crippen molar-refractivity contribution in [1.82, 2.24) is 0 Å². The Morgan fingerprint density at radius 2 is 0.797 bits per heavy atom. The Kier molecular flexibility index (Phi) is 8.13. The van der Waals surface area contributed by atoms with Crippen LogP contribution in [0.3, 0.4) is 0 Å². The number of fused-ring (bicyclic) bond motifs is 6. The van der Waals surface area contributed by atoms with Gasteiger partial charge in [0.05, 0.1) is 5.41 Å². The molecule has 0 heterocycles. The lowest BCUT2D eigenvalue weighted by Crippen LogP contribution is -2.28. The van der Waals surface area contributed by atoms with Crippen molar-refractivity contribution < 1.29 is 0 Å². The second-order valence-electron chi connectivity index (χ2n) is 16.5. The van der Waals surface area contributed by atoms with E-state index in [0.29, 0.717) is 0 Å². The molecule has 0 aliphatic heterocycles. The molecule has 59 heavy (non-hydrogen) atoms. The molecule has 0 fully saturated rings. The van der Waals surface area contributed by atoms with Crippen molar-refractivity contribution in [3.63, 3.8) is 0 Å². The first kappa shape index (κ1) is 35.0. The molecule has 0 bridgehead atoms. The van der Waals surface area contributed by atoms with Crippen LogP contribution in [0.25, 0.3) is 44.5 Å². The monoisotopic (exact) mass is 753 g/mol. The largest absolute Gasteiger partial charge is 0.310 e. The molecule has 0 spiro atoms. The molecular weight excluding hydrogens is 711 g/mol. The van der Waals surface area contributed by atoms with Crippen LogP contribution in [0.4, 0.5) is 17.1 Å². The maximum Gasteiger partial charge on any atom is 0.0714 e. The van der Waals surface area contributed by atoms with E-state index in [1.165, 1.54) is 77.9 Å². The molecule has 2 aliphatic carbocycles. The maximum absolute atomic E-state index is 2.46. The summed E-state index contributed by atoms with van der Waals surface area (Å²) in [6, 6.07) is 82.9. The number of anilines is 3. The lowest BCUT2D eigenvalue weighted by Gasteiger charge is -2.35. The average molecular weight is 754 g/mol. The van der Waals surface area contributed by atoms with Crippen LogP contribution in [0, 0.1) is 0 Å². The molecule has 9 aromatic carbocycles. The Hall–Kier alpha value is -7.22. The van der Waals surface area contributed by atoms with Crippen LogP contribution in [0.1, 0.15) is 47.2 Å². The van der Waals surface area contributed by atoms with Gasteiger partial charge in [-0.05, 0) is 114 Å². The van der Waals surface area contributed by atoms with E-state index < -0.39 is 5.41 Å². The molecule has 1 nitrogen and oxygen atoms in total. The quantitative estimate of drug-likeness (QED) is 0.157. The van der Waals surface area contributed by atoms with Gasteiger partial charge in [0.15, 0.2) is 0 Å². The SMILES string of the molecule is CC1(C)c2cc(N(c3ccc(-c4ccccc4)cc3)c3cccc(C4(c5ccccc5)c5ccccc5-c5ccccc54)c3)ccc2-c2c(-c3ccccc3)cccc21. The van der Waals surface area contributed by atoms with E-state index in [2.05, 4.69) is 243 Å². The fraction of sp³-hybridized carbons (Fsp3) is 0.0690. The number of rotatable bonds is 7. The van der Waals surface area contributed by atoms with Gasteiger partial charge in [-0.2, -0.15) is 0 Å². The summed E-state index contributed by atoms with van der Waals surface area (Å²) in [6.07, 6.45) is 0. The van der Waals surface area contributed by atoms with Crippen LogP contribution in [0.5, 0.6) is 0 Å². The molecule has 2 aliphatic rings. The van der Waals surface area contributed by atoms with Crippen molar-refractivity contribution in [3.8, 4) is 44.5 Å². The number of hydrogen-bond donors (Lipinski definition) is 0. The maximum atomic E-state index is 2.46. The molecule has 0 saturated carbocycles. The highest BCUT2D eigenvalue weighted by Gasteiger charge is 2.46. The van der Waals surface area contributed by atoms with Gasteiger partial charge in [-0.15, -0.1) is 0 Å². The Balaban J connectivity index is 1.12. The number of nitrogens with zero attached hydrogens (tertiary/aromatic N) is 1. The highest BCUT2D eigenvalue weighted by atomic mass is 15.1. The molecule has 0 radical (unpaired) electrons. The summed E-state index contributed by atoms with van der Waals surface area (Å²) >= 11 is 0. The average Bonchev–Trinajstić information content (AvgIpc) is 3.73. The minimum absolute atomic E-state index is 0.190. The van der Waals surface area contributed by atoms with Gasteiger partial charge in [-0.1, -0.05) is 202 Å². The van der Waals surface area contributed by atoms with Crippen molar-refractivity contribution in [2.45, 2.75) is 24.7 Å². The molecule has 9 aromatic rings. The highest BCUT2D eigenvalue weighted by Crippen LogP contribution is 2.57. The van der Waals surface area contributed by atoms with Crippen LogP contribution in [0.2, 0.25) is 0 Å². The second kappa shape index (κ2) is 13.7. The molecule has 0 N–H and O–H groups in total. The predicted molar refractivity (Wildman–Crippen MR) is 247 cm³/mol. The summed E-state index contributed by atoms with van der Waals surface area (Å²) < 4.78 is 0. The summed E-state index contributed by atoms with van der Waals surface area (Å²) in [6.45, 7) is 4.77. The zero-order valence-electron chi connectivity index (χ0n) is 33.3. The third kappa shape index (κ3) is 5.39. The van der Waals surface area contributed by atoms with E-state index in [0.717, 1.165) is 17.1 Å². The first-order valence-electron chi connectivity index (χ1n) is 20.7. The zero-order valence-corrected chi connectivity index (χ0v) is 33.3. The molecule has 0 amide bonds. The van der Waals surface area contributed by atoms with Gasteiger partial charge >= 0.3 is 0 Å². The van der Waals surface area contributed by atoms with Gasteiger partial charge in [0.2, 0.25) is 0 Å². The lowest BCUT2D eigenvalue weighted by molar-refractivity contribution is 0.660. The van der Waals surface area contributed by atoms with Crippen LogP contribution in [-0.2, 0) is 10.8 Å². The number of benzene rings is 9. The van der Waals surface area contributed by atoms with Crippen molar-refractivity contribution in [1.29, 1.82) is 0 Å². The summed E-state index contributed by atoms with van der Waals surface area (Å²) in [5.74, 6) is 0. The molecule has 0 aromatic heterocycles. The van der Waals surface area contributed by atoms with Crippen molar-refractivity contribution in [2.75, 3.05) is 4.90 Å². The molecule has 0 atom stereocenters. The van der Waals surface area contributed by atoms with Gasteiger partial charge in [-0.3, -0.25) is 0 Å². The minimum Gasteiger partial charge on any atom is -0.310 e. The van der Waals surface area contributed by atoms with E-state index in [9.17, 15) is 0 Å². The predicted octanol–water partition coefficient (Wildman–Crippen LogP) is 15.2. The fourth-order valence-corrected chi connectivity index (χ4v) is 10.2. The second-order valence-corrected chi connectivity index (χ2v) is 16.5. The lowest BCUT2D eigenvalue weighted by atomic mass is 9.67. The van der Waals surface area contributed by atoms with E-state index >= 15 is 0 Å². The van der Waals surface area contributed by atoms with Gasteiger partial charge in [0.25, 0.3) is 0 Å². The van der Waals surface area contributed by atoms with Gasteiger partial charge in [-0.25, -0.2) is 0 Å². The topological polar surface area (TPSA) is 3.24 Å². The van der Waals surface area contributed by atoms with E-state index in [4.69, 9.17) is 0 Å². The standard InChI is InChI=1S/C58H43N/c1-57(2)54-31-17-28-48(42-20-8-4-9-21-42)56(54)51-37-36-47(39-55(51)57)59(45-34-32-41(33-35-45)40-18-6-3-7-19-40)46-25-16-24-44(38-46)58(43-22-10-5-11-23-43)52-29-14-12-26-49(52)50-27-13-15-30-53(50)58/h3-39H,1-2H3. The van der Waals surface area contributed by atoms with Crippen molar-refractivity contribution in [3.05, 3.63) is 258 Å². The third-order valence-electron chi connectivity index (χ3n) is 13.0. The molecule has 280 valence electrons. The van der Waals surface area contributed by atoms with Crippen LogP contribution >= 0.6 is 0 Å². The normalized spacial score (nSPS) is 13.9. The Bertz CT molecular complexity index is 2950. The Morgan fingerprint density at radius 3 is 1.47 bits per heavy atom. The van der Waals surface area contributed by atoms with Crippen LogP contribution in [-0.4, -0.2) is 0 Å². The first-order valence-corrected chi connectivity index (χ1v) is 20.7. The van der Waals surface area contributed by atoms with Gasteiger partial charge in [0, 0.05) is 22.5 Å². The highest BCUT2D eigenvalue weighted by molar-refractivity contribution is 5.94. The third-order valence-corrected chi connectivity index (χ3v) is 13.0. The smallest absolute Gasteiger partial charge is 0.0714 e. The molecule has 0 unspecified atom stereocenters. The summed E-state index contributed by atoms with van der Waals surface area (Å²) in [4.78, 5) is 2.46. The van der Waals surface area contributed by atoms with Gasteiger partial charge in [0.1, 0.15) is 0 Å². The summed E-state index contributed by atoms with van der Waals surface area (Å²) in [5, 5.41) is 0. The first-order chi connectivity index (χ1) is 29.0. The molecule has 11 rings (SSSR count).